The SMILES string of the molecule is CC1=C(C)C(C)=[C]([Hf][C]2=C(C)C(C)=C(C)C2)C1.[H-].[H-]. The molecule has 0 amide bonds. The van der Waals surface area contributed by atoms with Crippen molar-refractivity contribution in [2.24, 2.45) is 0 Å². The van der Waals surface area contributed by atoms with E-state index in [2.05, 4.69) is 41.5 Å². The van der Waals surface area contributed by atoms with Crippen LogP contribution in [0.1, 0.15) is 57.2 Å². The van der Waals surface area contributed by atoms with Crippen molar-refractivity contribution < 1.29 is 25.8 Å². The molecule has 2 rings (SSSR count). The van der Waals surface area contributed by atoms with Gasteiger partial charge in [0.2, 0.25) is 0 Å². The fraction of sp³-hybridized carbons (Fsp3) is 0.500. The molecule has 0 saturated heterocycles. The van der Waals surface area contributed by atoms with Gasteiger partial charge in [-0.15, -0.1) is 0 Å². The summed E-state index contributed by atoms with van der Waals surface area (Å²) in [6.07, 6.45) is 2.57. The maximum absolute atomic E-state index is 2.34. The maximum atomic E-state index is 2.34. The molecule has 0 unspecified atom stereocenters. The summed E-state index contributed by atoms with van der Waals surface area (Å²) in [4.78, 5) is 0. The molecule has 0 N–H and O–H groups in total. The van der Waals surface area contributed by atoms with Crippen LogP contribution in [0.15, 0.2) is 40.1 Å². The third-order valence-corrected chi connectivity index (χ3v) is 10.6. The molecule has 94 valence electrons. The van der Waals surface area contributed by atoms with Crippen molar-refractivity contribution in [2.75, 3.05) is 0 Å². The van der Waals surface area contributed by atoms with Crippen LogP contribution >= 0.6 is 0 Å². The fourth-order valence-corrected chi connectivity index (χ4v) is 9.16. The zero-order valence-electron chi connectivity index (χ0n) is 13.9. The molecule has 2 aliphatic carbocycles. The minimum Gasteiger partial charge on any atom is -1.00 e. The minimum absolute atomic E-state index is 0. The monoisotopic (exact) mass is 396 g/mol. The van der Waals surface area contributed by atoms with Crippen molar-refractivity contribution in [2.45, 2.75) is 54.4 Å². The Morgan fingerprint density at radius 1 is 0.647 bits per heavy atom. The molecule has 0 spiro atoms. The second kappa shape index (κ2) is 4.84. The second-order valence-electron chi connectivity index (χ2n) is 5.50. The van der Waals surface area contributed by atoms with Gasteiger partial charge in [-0.2, -0.15) is 0 Å². The van der Waals surface area contributed by atoms with Gasteiger partial charge in [-0.1, -0.05) is 0 Å². The van der Waals surface area contributed by atoms with E-state index in [-0.39, 0.29) is 2.85 Å². The molecular weight excluding hydrogens is 371 g/mol. The minimum atomic E-state index is -0.733. The number of allylic oxidation sites excluding steroid dienone is 8. The summed E-state index contributed by atoms with van der Waals surface area (Å²) in [7, 11) is 0. The largest absolute Gasteiger partial charge is 1.00 e. The molecule has 0 bridgehead atoms. The number of hydrogen-bond acceptors (Lipinski definition) is 0. The first-order chi connectivity index (χ1) is 7.91. The van der Waals surface area contributed by atoms with Gasteiger partial charge in [0.25, 0.3) is 0 Å². The Balaban J connectivity index is 0.00000162. The Hall–Kier alpha value is -0.170. The van der Waals surface area contributed by atoms with Crippen LogP contribution in [0.4, 0.5) is 0 Å². The maximum Gasteiger partial charge on any atom is -1.00 e. The van der Waals surface area contributed by atoms with E-state index in [1.165, 1.54) is 12.8 Å². The Kier molecular flexibility index (Phi) is 3.77. The van der Waals surface area contributed by atoms with Gasteiger partial charge >= 0.3 is 117 Å². The van der Waals surface area contributed by atoms with E-state index in [1.807, 2.05) is 6.66 Å². The van der Waals surface area contributed by atoms with Crippen LogP contribution in [0.2, 0.25) is 0 Å². The van der Waals surface area contributed by atoms with E-state index in [0.717, 1.165) is 0 Å². The van der Waals surface area contributed by atoms with E-state index in [9.17, 15) is 0 Å². The van der Waals surface area contributed by atoms with Gasteiger partial charge < -0.3 is 2.85 Å². The van der Waals surface area contributed by atoms with Crippen molar-refractivity contribution in [3.8, 4) is 0 Å². The van der Waals surface area contributed by atoms with Crippen LogP contribution in [-0.4, -0.2) is 0 Å². The van der Waals surface area contributed by atoms with E-state index < -0.39 is 22.9 Å². The van der Waals surface area contributed by atoms with Crippen molar-refractivity contribution in [1.82, 2.24) is 0 Å². The third kappa shape index (κ3) is 2.36. The van der Waals surface area contributed by atoms with Crippen molar-refractivity contribution >= 4 is 0 Å². The van der Waals surface area contributed by atoms with Crippen molar-refractivity contribution in [1.29, 1.82) is 0 Å². The average molecular weight is 395 g/mol. The Morgan fingerprint density at radius 2 is 1.00 bits per heavy atom. The first kappa shape index (κ1) is 13.3. The Bertz CT molecular complexity index is 459. The van der Waals surface area contributed by atoms with Crippen molar-refractivity contribution in [3.63, 3.8) is 0 Å². The standard InChI is InChI=1S/2C8H11.Hf.2H/c2*1-6-4-5-7(2)8(6)3;;;/h2*4H2,1-3H3;;;/q;;;2*-1. The van der Waals surface area contributed by atoms with Crippen LogP contribution in [0.5, 0.6) is 0 Å². The first-order valence-electron chi connectivity index (χ1n) is 6.41. The van der Waals surface area contributed by atoms with E-state index >= 15 is 0 Å². The van der Waals surface area contributed by atoms with Gasteiger partial charge in [-0.25, -0.2) is 0 Å². The molecule has 0 aromatic rings. The topological polar surface area (TPSA) is 0 Å². The molecule has 0 aliphatic heterocycles. The van der Waals surface area contributed by atoms with Gasteiger partial charge in [0.05, 0.1) is 0 Å². The smallest absolute Gasteiger partial charge is 1.00 e. The van der Waals surface area contributed by atoms with Gasteiger partial charge in [0.1, 0.15) is 0 Å². The molecule has 0 aromatic carbocycles. The first-order valence-corrected chi connectivity index (χ1v) is 10.0. The molecule has 0 saturated carbocycles. The fourth-order valence-electron chi connectivity index (χ4n) is 2.61. The molecule has 17 heavy (non-hydrogen) atoms. The average Bonchev–Trinajstić information content (AvgIpc) is 2.66. The third-order valence-electron chi connectivity index (χ3n) is 4.50. The molecule has 0 atom stereocenters. The zero-order valence-corrected chi connectivity index (χ0v) is 15.5. The molecule has 1 heteroatoms. The van der Waals surface area contributed by atoms with E-state index in [1.54, 1.807) is 33.4 Å². The second-order valence-corrected chi connectivity index (χ2v) is 10.7. The van der Waals surface area contributed by atoms with Gasteiger partial charge in [0.15, 0.2) is 0 Å². The van der Waals surface area contributed by atoms with Crippen LogP contribution in [-0.2, 0) is 22.9 Å². The van der Waals surface area contributed by atoms with Crippen LogP contribution in [0.25, 0.3) is 0 Å². The van der Waals surface area contributed by atoms with Gasteiger partial charge in [0, 0.05) is 0 Å². The molecule has 2 aliphatic rings. The molecule has 0 heterocycles. The summed E-state index contributed by atoms with van der Waals surface area (Å²) in [6.45, 7) is 13.9. The van der Waals surface area contributed by atoms with Crippen LogP contribution in [0.3, 0.4) is 0 Å². The normalized spacial score (nSPS) is 21.3. The number of hydrogen-bond donors (Lipinski definition) is 0. The molecule has 0 nitrogen and oxygen atoms in total. The van der Waals surface area contributed by atoms with Gasteiger partial charge in [-0.05, 0) is 0 Å². The molecular formula is C16H24Hf-2. The predicted octanol–water partition coefficient (Wildman–Crippen LogP) is 5.32. The predicted molar refractivity (Wildman–Crippen MR) is 73.6 cm³/mol. The Morgan fingerprint density at radius 3 is 1.24 bits per heavy atom. The summed E-state index contributed by atoms with van der Waals surface area (Å²) in [5.41, 5.74) is 9.64. The molecule has 0 fully saturated rings. The summed E-state index contributed by atoms with van der Waals surface area (Å²) >= 11 is -0.733. The number of rotatable bonds is 2. The van der Waals surface area contributed by atoms with Gasteiger partial charge in [-0.3, -0.25) is 0 Å². The van der Waals surface area contributed by atoms with Crippen LogP contribution < -0.4 is 0 Å². The van der Waals surface area contributed by atoms with Crippen LogP contribution in [0, 0.1) is 0 Å². The van der Waals surface area contributed by atoms with E-state index in [0.29, 0.717) is 0 Å². The molecule has 0 radical (unpaired) electrons. The summed E-state index contributed by atoms with van der Waals surface area (Å²) < 4.78 is 3.69. The quantitative estimate of drug-likeness (QED) is 0.556. The van der Waals surface area contributed by atoms with Crippen molar-refractivity contribution in [3.05, 3.63) is 40.1 Å². The summed E-state index contributed by atoms with van der Waals surface area (Å²) in [5.74, 6) is 0. The Labute approximate surface area is 120 Å². The summed E-state index contributed by atoms with van der Waals surface area (Å²) in [6, 6.07) is 0. The summed E-state index contributed by atoms with van der Waals surface area (Å²) in [5, 5.41) is 0. The zero-order chi connectivity index (χ0) is 12.7. The molecule has 0 aromatic heterocycles. The van der Waals surface area contributed by atoms with E-state index in [4.69, 9.17) is 0 Å².